The molecule has 2 rings (SSSR count). The van der Waals surface area contributed by atoms with Gasteiger partial charge in [0.2, 0.25) is 11.0 Å². The van der Waals surface area contributed by atoms with Crippen LogP contribution in [0.4, 0.5) is 0 Å². The Balaban J connectivity index is 2.17. The maximum absolute atomic E-state index is 11.4. The van der Waals surface area contributed by atoms with Crippen molar-refractivity contribution in [1.82, 2.24) is 30.2 Å². The van der Waals surface area contributed by atoms with E-state index in [1.807, 2.05) is 0 Å². The van der Waals surface area contributed by atoms with Gasteiger partial charge in [0.15, 0.2) is 0 Å². The van der Waals surface area contributed by atoms with Crippen molar-refractivity contribution in [2.75, 3.05) is 14.2 Å². The predicted molar refractivity (Wildman–Crippen MR) is 67.3 cm³/mol. The van der Waals surface area contributed by atoms with Crippen LogP contribution in [0.5, 0.6) is 0 Å². The summed E-state index contributed by atoms with van der Waals surface area (Å²) in [6.07, 6.45) is 1.41. The van der Waals surface area contributed by atoms with Crippen molar-refractivity contribution in [1.29, 1.82) is 0 Å². The molecule has 0 fully saturated rings. The summed E-state index contributed by atoms with van der Waals surface area (Å²) in [4.78, 5) is 30.4. The van der Waals surface area contributed by atoms with Gasteiger partial charge in [-0.2, -0.15) is 0 Å². The van der Waals surface area contributed by atoms with Crippen molar-refractivity contribution in [2.24, 2.45) is 0 Å². The zero-order chi connectivity index (χ0) is 15.2. The first-order valence-electron chi connectivity index (χ1n) is 5.56. The average molecular weight is 310 g/mol. The standard InChI is InChI=1S/C10H10N6O4S/c1-19-7(17)5-16-10(13-14-15-16)21-6-3-4-11-8(12-6)9(18)20-2/h3-4H,5H2,1-2H3. The van der Waals surface area contributed by atoms with Crippen LogP contribution in [0.15, 0.2) is 22.4 Å². The fourth-order valence-corrected chi connectivity index (χ4v) is 1.97. The molecule has 0 saturated carbocycles. The molecule has 21 heavy (non-hydrogen) atoms. The third-order valence-electron chi connectivity index (χ3n) is 2.20. The van der Waals surface area contributed by atoms with Crippen LogP contribution < -0.4 is 0 Å². The van der Waals surface area contributed by atoms with Crippen LogP contribution in [0.3, 0.4) is 0 Å². The molecule has 2 heterocycles. The molecule has 11 heteroatoms. The third-order valence-corrected chi connectivity index (χ3v) is 3.11. The number of carbonyl (C=O) groups excluding carboxylic acids is 2. The largest absolute Gasteiger partial charge is 0.468 e. The second-order valence-electron chi connectivity index (χ2n) is 3.51. The van der Waals surface area contributed by atoms with Gasteiger partial charge in [0.1, 0.15) is 11.6 Å². The number of hydrogen-bond acceptors (Lipinski definition) is 10. The van der Waals surface area contributed by atoms with E-state index in [0.717, 1.165) is 11.8 Å². The van der Waals surface area contributed by atoms with Gasteiger partial charge in [0, 0.05) is 6.20 Å². The maximum atomic E-state index is 11.4. The van der Waals surface area contributed by atoms with Gasteiger partial charge in [0.25, 0.3) is 0 Å². The van der Waals surface area contributed by atoms with E-state index in [2.05, 4.69) is 35.0 Å². The molecule has 0 unspecified atom stereocenters. The quantitative estimate of drug-likeness (QED) is 0.531. The molecule has 0 aliphatic rings. The Morgan fingerprint density at radius 2 is 2.14 bits per heavy atom. The van der Waals surface area contributed by atoms with Crippen molar-refractivity contribution < 1.29 is 19.1 Å². The van der Waals surface area contributed by atoms with Crippen LogP contribution in [-0.4, -0.2) is 56.3 Å². The summed E-state index contributed by atoms with van der Waals surface area (Å²) in [5.74, 6) is -1.21. The maximum Gasteiger partial charge on any atom is 0.376 e. The van der Waals surface area contributed by atoms with Gasteiger partial charge in [-0.25, -0.2) is 19.4 Å². The van der Waals surface area contributed by atoms with E-state index < -0.39 is 11.9 Å². The first-order chi connectivity index (χ1) is 10.1. The summed E-state index contributed by atoms with van der Waals surface area (Å²) >= 11 is 1.08. The van der Waals surface area contributed by atoms with E-state index in [-0.39, 0.29) is 12.4 Å². The molecule has 110 valence electrons. The number of ether oxygens (including phenoxy) is 2. The Labute approximate surface area is 122 Å². The minimum absolute atomic E-state index is 0.0745. The van der Waals surface area contributed by atoms with Crippen LogP contribution in [0.1, 0.15) is 10.6 Å². The fraction of sp³-hybridized carbons (Fsp3) is 0.300. The Hall–Kier alpha value is -2.56. The minimum atomic E-state index is -0.647. The third kappa shape index (κ3) is 3.72. The molecule has 0 amide bonds. The van der Waals surface area contributed by atoms with E-state index in [1.54, 1.807) is 6.07 Å². The van der Waals surface area contributed by atoms with Gasteiger partial charge < -0.3 is 9.47 Å². The Bertz CT molecular complexity index is 661. The number of nitrogens with zero attached hydrogens (tertiary/aromatic N) is 6. The number of rotatable bonds is 5. The highest BCUT2D eigenvalue weighted by molar-refractivity contribution is 7.99. The molecule has 0 aliphatic heterocycles. The van der Waals surface area contributed by atoms with E-state index in [0.29, 0.717) is 10.2 Å². The number of methoxy groups -OCH3 is 2. The zero-order valence-corrected chi connectivity index (χ0v) is 11.9. The average Bonchev–Trinajstić information content (AvgIpc) is 2.93. The van der Waals surface area contributed by atoms with Crippen molar-refractivity contribution >= 4 is 23.7 Å². The van der Waals surface area contributed by atoms with Crippen LogP contribution in [0, 0.1) is 0 Å². The summed E-state index contributed by atoms with van der Waals surface area (Å²) in [5.41, 5.74) is 0. The van der Waals surface area contributed by atoms with E-state index in [4.69, 9.17) is 0 Å². The number of esters is 2. The van der Waals surface area contributed by atoms with Crippen LogP contribution in [0.25, 0.3) is 0 Å². The molecule has 0 saturated heterocycles. The van der Waals surface area contributed by atoms with E-state index in [9.17, 15) is 9.59 Å². The molecule has 0 bridgehead atoms. The van der Waals surface area contributed by atoms with Crippen LogP contribution in [0.2, 0.25) is 0 Å². The molecule has 0 N–H and O–H groups in total. The van der Waals surface area contributed by atoms with Gasteiger partial charge in [-0.3, -0.25) is 4.79 Å². The van der Waals surface area contributed by atoms with Crippen molar-refractivity contribution in [3.63, 3.8) is 0 Å². The van der Waals surface area contributed by atoms with Gasteiger partial charge >= 0.3 is 11.9 Å². The first-order valence-corrected chi connectivity index (χ1v) is 6.38. The summed E-state index contributed by atoms with van der Waals surface area (Å²) < 4.78 is 10.3. The lowest BCUT2D eigenvalue weighted by Crippen LogP contribution is -2.14. The van der Waals surface area contributed by atoms with Crippen molar-refractivity contribution in [2.45, 2.75) is 16.7 Å². The van der Waals surface area contributed by atoms with Gasteiger partial charge in [-0.05, 0) is 28.3 Å². The number of aromatic nitrogens is 6. The molecular weight excluding hydrogens is 300 g/mol. The smallest absolute Gasteiger partial charge is 0.376 e. The second-order valence-corrected chi connectivity index (χ2v) is 4.49. The topological polar surface area (TPSA) is 122 Å². The zero-order valence-electron chi connectivity index (χ0n) is 11.1. The monoisotopic (exact) mass is 310 g/mol. The van der Waals surface area contributed by atoms with E-state index >= 15 is 0 Å². The Kier molecular flexibility index (Phi) is 4.77. The Morgan fingerprint density at radius 3 is 2.86 bits per heavy atom. The molecule has 10 nitrogen and oxygen atoms in total. The Morgan fingerprint density at radius 1 is 1.33 bits per heavy atom. The minimum Gasteiger partial charge on any atom is -0.468 e. The predicted octanol–water partition coefficient (Wildman–Crippen LogP) is -0.426. The number of tetrazole rings is 1. The number of carbonyl (C=O) groups is 2. The lowest BCUT2D eigenvalue weighted by molar-refractivity contribution is -0.141. The van der Waals surface area contributed by atoms with Crippen molar-refractivity contribution in [3.8, 4) is 0 Å². The molecule has 0 aliphatic carbocycles. The van der Waals surface area contributed by atoms with Gasteiger partial charge in [0.05, 0.1) is 14.2 Å². The highest BCUT2D eigenvalue weighted by Crippen LogP contribution is 2.22. The lowest BCUT2D eigenvalue weighted by atomic mass is 10.5. The highest BCUT2D eigenvalue weighted by Gasteiger charge is 2.15. The molecule has 2 aromatic rings. The molecule has 0 atom stereocenters. The summed E-state index contributed by atoms with van der Waals surface area (Å²) in [6.45, 7) is -0.124. The molecule has 0 spiro atoms. The normalized spacial score (nSPS) is 10.2. The second kappa shape index (κ2) is 6.74. The van der Waals surface area contributed by atoms with Crippen LogP contribution in [-0.2, 0) is 20.8 Å². The SMILES string of the molecule is COC(=O)Cn1nnnc1Sc1ccnc(C(=O)OC)n1. The highest BCUT2D eigenvalue weighted by atomic mass is 32.2. The molecule has 0 radical (unpaired) electrons. The van der Waals surface area contributed by atoms with E-state index in [1.165, 1.54) is 25.1 Å². The fourth-order valence-electron chi connectivity index (χ4n) is 1.24. The van der Waals surface area contributed by atoms with Gasteiger partial charge in [-0.15, -0.1) is 5.10 Å². The summed E-state index contributed by atoms with van der Waals surface area (Å²) in [7, 11) is 2.51. The van der Waals surface area contributed by atoms with Crippen molar-refractivity contribution in [3.05, 3.63) is 18.1 Å². The lowest BCUT2D eigenvalue weighted by Gasteiger charge is -2.03. The van der Waals surface area contributed by atoms with Gasteiger partial charge in [-0.1, -0.05) is 0 Å². The molecule has 2 aromatic heterocycles. The molecule has 0 aromatic carbocycles. The first kappa shape index (κ1) is 14.8. The number of hydrogen-bond donors (Lipinski definition) is 0. The summed E-state index contributed by atoms with van der Waals surface area (Å²) in [6, 6.07) is 1.58. The summed E-state index contributed by atoms with van der Waals surface area (Å²) in [5, 5.41) is 11.7. The molecular formula is C10H10N6O4S. The van der Waals surface area contributed by atoms with Crippen LogP contribution >= 0.6 is 11.8 Å².